The fraction of sp³-hybridized carbons (Fsp3) is 0.467. The van der Waals surface area contributed by atoms with Gasteiger partial charge >= 0.3 is 12.2 Å². The molecule has 3 rings (SSSR count). The number of ether oxygens (including phenoxy) is 2. The summed E-state index contributed by atoms with van der Waals surface area (Å²) in [5.74, 6) is -0.130. The van der Waals surface area contributed by atoms with Gasteiger partial charge in [-0.15, -0.1) is 0 Å². The number of carbonyl (C=O) groups excluding carboxylic acids is 2. The van der Waals surface area contributed by atoms with Crippen LogP contribution in [-0.2, 0) is 15.7 Å². The van der Waals surface area contributed by atoms with Crippen molar-refractivity contribution in [1.29, 1.82) is 0 Å². The first-order valence-electron chi connectivity index (χ1n) is 7.34. The van der Waals surface area contributed by atoms with Crippen LogP contribution in [0.15, 0.2) is 24.3 Å². The second-order valence-corrected chi connectivity index (χ2v) is 5.64. The molecule has 1 aromatic rings. The molecule has 1 aromatic carbocycles. The van der Waals surface area contributed by atoms with Gasteiger partial charge in [-0.2, -0.15) is 13.2 Å². The van der Waals surface area contributed by atoms with Crippen molar-refractivity contribution in [1.82, 2.24) is 10.2 Å². The minimum Gasteiger partial charge on any atom is -0.492 e. The quantitative estimate of drug-likeness (QED) is 0.846. The van der Waals surface area contributed by atoms with Gasteiger partial charge in [0.25, 0.3) is 5.91 Å². The number of amides is 3. The van der Waals surface area contributed by atoms with E-state index in [0.717, 1.165) is 17.0 Å². The molecule has 0 radical (unpaired) electrons. The Labute approximate surface area is 135 Å². The van der Waals surface area contributed by atoms with Crippen LogP contribution in [0.4, 0.5) is 18.0 Å². The van der Waals surface area contributed by atoms with Gasteiger partial charge in [-0.3, -0.25) is 9.69 Å². The number of rotatable bonds is 4. The Kier molecular flexibility index (Phi) is 4.12. The van der Waals surface area contributed by atoms with E-state index in [1.165, 1.54) is 12.1 Å². The predicted molar refractivity (Wildman–Crippen MR) is 75.4 cm³/mol. The molecule has 130 valence electrons. The van der Waals surface area contributed by atoms with E-state index in [2.05, 4.69) is 5.32 Å². The van der Waals surface area contributed by atoms with Crippen LogP contribution in [0.5, 0.6) is 5.75 Å². The number of hydrogen-bond acceptors (Lipinski definition) is 4. The van der Waals surface area contributed by atoms with Gasteiger partial charge in [0.15, 0.2) is 0 Å². The highest BCUT2D eigenvalue weighted by molar-refractivity contribution is 6.07. The first-order valence-corrected chi connectivity index (χ1v) is 7.34. The fourth-order valence-corrected chi connectivity index (χ4v) is 2.71. The molecule has 1 spiro atoms. The summed E-state index contributed by atoms with van der Waals surface area (Å²) >= 11 is 0. The summed E-state index contributed by atoms with van der Waals surface area (Å²) in [5, 5.41) is 2.63. The summed E-state index contributed by atoms with van der Waals surface area (Å²) in [6.07, 6.45) is -3.98. The summed E-state index contributed by atoms with van der Waals surface area (Å²) in [5.41, 5.74) is -1.75. The third-order valence-electron chi connectivity index (χ3n) is 4.03. The minimum absolute atomic E-state index is 0.00738. The maximum Gasteiger partial charge on any atom is 0.416 e. The monoisotopic (exact) mass is 344 g/mol. The van der Waals surface area contributed by atoms with E-state index in [1.54, 1.807) is 0 Å². The molecule has 0 aromatic heterocycles. The van der Waals surface area contributed by atoms with Gasteiger partial charge in [0.2, 0.25) is 0 Å². The van der Waals surface area contributed by atoms with Crippen molar-refractivity contribution in [2.75, 3.05) is 26.4 Å². The van der Waals surface area contributed by atoms with Gasteiger partial charge in [0.1, 0.15) is 17.9 Å². The molecule has 1 N–H and O–H groups in total. The molecule has 3 amide bonds. The summed E-state index contributed by atoms with van der Waals surface area (Å²) in [6, 6.07) is 3.70. The number of nitrogens with zero attached hydrogens (tertiary/aromatic N) is 1. The third kappa shape index (κ3) is 3.03. The molecule has 2 heterocycles. The van der Waals surface area contributed by atoms with Crippen molar-refractivity contribution in [3.63, 3.8) is 0 Å². The normalized spacial score (nSPS) is 23.9. The van der Waals surface area contributed by atoms with Crippen molar-refractivity contribution >= 4 is 11.9 Å². The zero-order valence-electron chi connectivity index (χ0n) is 12.6. The van der Waals surface area contributed by atoms with Crippen LogP contribution in [0.1, 0.15) is 12.0 Å². The molecule has 1 unspecified atom stereocenters. The lowest BCUT2D eigenvalue weighted by atomic mass is 9.99. The van der Waals surface area contributed by atoms with E-state index in [0.29, 0.717) is 13.0 Å². The van der Waals surface area contributed by atoms with E-state index in [4.69, 9.17) is 9.47 Å². The lowest BCUT2D eigenvalue weighted by Gasteiger charge is -2.18. The summed E-state index contributed by atoms with van der Waals surface area (Å²) in [4.78, 5) is 25.3. The van der Waals surface area contributed by atoms with Crippen molar-refractivity contribution < 1.29 is 32.2 Å². The van der Waals surface area contributed by atoms with E-state index in [-0.39, 0.29) is 31.4 Å². The minimum atomic E-state index is -4.41. The fourth-order valence-electron chi connectivity index (χ4n) is 2.71. The highest BCUT2D eigenvalue weighted by atomic mass is 19.4. The zero-order valence-corrected chi connectivity index (χ0v) is 12.6. The summed E-state index contributed by atoms with van der Waals surface area (Å²) < 4.78 is 47.9. The molecule has 0 bridgehead atoms. The van der Waals surface area contributed by atoms with Crippen LogP contribution >= 0.6 is 0 Å². The number of hydrogen-bond donors (Lipinski definition) is 1. The molecular formula is C15H15F3N2O4. The second-order valence-electron chi connectivity index (χ2n) is 5.64. The van der Waals surface area contributed by atoms with Crippen LogP contribution < -0.4 is 10.1 Å². The summed E-state index contributed by atoms with van der Waals surface area (Å²) in [7, 11) is 0. The molecule has 0 aliphatic carbocycles. The van der Waals surface area contributed by atoms with Crippen molar-refractivity contribution in [2.24, 2.45) is 0 Å². The lowest BCUT2D eigenvalue weighted by molar-refractivity contribution is -0.137. The Morgan fingerprint density at radius 2 is 1.96 bits per heavy atom. The molecule has 6 nitrogen and oxygen atoms in total. The predicted octanol–water partition coefficient (Wildman–Crippen LogP) is 1.80. The Hall–Kier alpha value is -2.29. The van der Waals surface area contributed by atoms with Gasteiger partial charge in [-0.05, 0) is 24.3 Å². The molecular weight excluding hydrogens is 329 g/mol. The summed E-state index contributed by atoms with van der Waals surface area (Å²) in [6.45, 7) is 0.546. The van der Waals surface area contributed by atoms with Crippen molar-refractivity contribution in [3.8, 4) is 5.75 Å². The van der Waals surface area contributed by atoms with E-state index in [1.807, 2.05) is 0 Å². The molecule has 2 aliphatic rings. The van der Waals surface area contributed by atoms with Crippen LogP contribution in [-0.4, -0.2) is 48.7 Å². The Balaban J connectivity index is 1.55. The number of benzene rings is 1. The highest BCUT2D eigenvalue weighted by Crippen LogP contribution is 2.30. The van der Waals surface area contributed by atoms with Gasteiger partial charge in [-0.25, -0.2) is 4.79 Å². The van der Waals surface area contributed by atoms with Crippen LogP contribution in [0.2, 0.25) is 0 Å². The Morgan fingerprint density at radius 1 is 1.25 bits per heavy atom. The molecule has 2 aliphatic heterocycles. The smallest absolute Gasteiger partial charge is 0.416 e. The van der Waals surface area contributed by atoms with Gasteiger partial charge in [0, 0.05) is 13.0 Å². The SMILES string of the molecule is O=C1NC2(CCOC2)C(=O)N1CCOc1ccc(C(F)(F)F)cc1. The van der Waals surface area contributed by atoms with E-state index in [9.17, 15) is 22.8 Å². The second kappa shape index (κ2) is 5.97. The third-order valence-corrected chi connectivity index (χ3v) is 4.03. The van der Waals surface area contributed by atoms with Crippen molar-refractivity contribution in [2.45, 2.75) is 18.1 Å². The van der Waals surface area contributed by atoms with Gasteiger partial charge < -0.3 is 14.8 Å². The van der Waals surface area contributed by atoms with Crippen LogP contribution in [0.25, 0.3) is 0 Å². The Bertz CT molecular complexity index is 639. The average molecular weight is 344 g/mol. The van der Waals surface area contributed by atoms with Crippen LogP contribution in [0, 0.1) is 0 Å². The number of urea groups is 1. The topological polar surface area (TPSA) is 67.9 Å². The zero-order chi connectivity index (χ0) is 17.4. The molecule has 9 heteroatoms. The Morgan fingerprint density at radius 3 is 2.54 bits per heavy atom. The first kappa shape index (κ1) is 16.6. The number of nitrogens with one attached hydrogen (secondary N) is 1. The number of halogens is 3. The van der Waals surface area contributed by atoms with Gasteiger partial charge in [0.05, 0.1) is 18.7 Å². The lowest BCUT2D eigenvalue weighted by Crippen LogP contribution is -2.47. The molecule has 24 heavy (non-hydrogen) atoms. The molecule has 0 saturated carbocycles. The molecule has 2 fully saturated rings. The van der Waals surface area contributed by atoms with Gasteiger partial charge in [-0.1, -0.05) is 0 Å². The average Bonchev–Trinajstić information content (AvgIpc) is 3.08. The van der Waals surface area contributed by atoms with Crippen molar-refractivity contribution in [3.05, 3.63) is 29.8 Å². The van der Waals surface area contributed by atoms with Crippen LogP contribution in [0.3, 0.4) is 0 Å². The number of alkyl halides is 3. The molecule has 2 saturated heterocycles. The molecule has 1 atom stereocenters. The highest BCUT2D eigenvalue weighted by Gasteiger charge is 2.53. The standard InChI is InChI=1S/C15H15F3N2O4/c16-15(17,18)10-1-3-11(4-2-10)24-8-6-20-12(21)14(19-13(20)22)5-7-23-9-14/h1-4H,5-9H2,(H,19,22). The van der Waals surface area contributed by atoms with E-state index < -0.39 is 23.3 Å². The number of imide groups is 1. The largest absolute Gasteiger partial charge is 0.492 e. The van der Waals surface area contributed by atoms with E-state index >= 15 is 0 Å². The first-order chi connectivity index (χ1) is 11.3. The number of carbonyl (C=O) groups is 2. The maximum atomic E-state index is 12.5. The maximum absolute atomic E-state index is 12.5.